The van der Waals surface area contributed by atoms with Gasteiger partial charge in [0.2, 0.25) is 15.9 Å². The van der Waals surface area contributed by atoms with E-state index in [1.165, 1.54) is 29.8 Å². The first-order chi connectivity index (χ1) is 13.7. The summed E-state index contributed by atoms with van der Waals surface area (Å²) in [5.74, 6) is -0.289. The zero-order valence-electron chi connectivity index (χ0n) is 16.8. The van der Waals surface area contributed by atoms with Gasteiger partial charge in [-0.2, -0.15) is 0 Å². The van der Waals surface area contributed by atoms with Crippen LogP contribution in [-0.4, -0.2) is 47.5 Å². The van der Waals surface area contributed by atoms with E-state index >= 15 is 0 Å². The number of nitrogens with zero attached hydrogens (tertiary/aromatic N) is 3. The zero-order chi connectivity index (χ0) is 21.3. The second-order valence-corrected chi connectivity index (χ2v) is 9.14. The summed E-state index contributed by atoms with van der Waals surface area (Å²) < 4.78 is 29.9. The van der Waals surface area contributed by atoms with Gasteiger partial charge in [0.15, 0.2) is 0 Å². The minimum Gasteiger partial charge on any atom is -0.341 e. The minimum absolute atomic E-state index is 0.0570. The summed E-state index contributed by atoms with van der Waals surface area (Å²) in [6.07, 6.45) is 2.42. The van der Waals surface area contributed by atoms with Crippen LogP contribution in [-0.2, 0) is 28.4 Å². The van der Waals surface area contributed by atoms with Crippen molar-refractivity contribution >= 4 is 26.8 Å². The fourth-order valence-electron chi connectivity index (χ4n) is 3.42. The number of aromatic nitrogens is 2. The van der Waals surface area contributed by atoms with E-state index in [2.05, 4.69) is 4.72 Å². The Bertz CT molecular complexity index is 1160. The number of likely N-dealkylation sites (tertiary alicyclic amines) is 1. The summed E-state index contributed by atoms with van der Waals surface area (Å²) in [6.45, 7) is 4.48. The molecule has 1 aliphatic heterocycles. The van der Waals surface area contributed by atoms with Crippen LogP contribution < -0.4 is 16.0 Å². The van der Waals surface area contributed by atoms with Crippen LogP contribution in [0, 0.1) is 0 Å². The molecule has 3 rings (SSSR count). The quantitative estimate of drug-likeness (QED) is 0.725. The highest BCUT2D eigenvalue weighted by molar-refractivity contribution is 7.89. The van der Waals surface area contributed by atoms with Gasteiger partial charge in [-0.05, 0) is 44.4 Å². The average molecular weight is 423 g/mol. The molecule has 0 aliphatic carbocycles. The molecule has 0 saturated carbocycles. The summed E-state index contributed by atoms with van der Waals surface area (Å²) in [4.78, 5) is 39.7. The first kappa shape index (κ1) is 21.3. The molecule has 1 fully saturated rings. The third kappa shape index (κ3) is 4.13. The lowest BCUT2D eigenvalue weighted by Gasteiger charge is -2.17. The maximum atomic E-state index is 13.0. The molecule has 10 heteroatoms. The number of sulfonamides is 1. The topological polar surface area (TPSA) is 110 Å². The highest BCUT2D eigenvalue weighted by Crippen LogP contribution is 2.16. The minimum atomic E-state index is -3.81. The standard InChI is InChI=1S/C19H26N4O5S/c1-4-13(2)20-29(27,28)14-7-8-16-15(11-14)18(25)23(19(26)21(16)3)12-17(24)22-9-5-6-10-22/h7-8,11,13,20H,4-6,9-10,12H2,1-3H3/t13-/m1/s1. The van der Waals surface area contributed by atoms with Crippen LogP contribution >= 0.6 is 0 Å². The van der Waals surface area contributed by atoms with Gasteiger partial charge in [-0.1, -0.05) is 6.92 Å². The summed E-state index contributed by atoms with van der Waals surface area (Å²) in [5.41, 5.74) is -0.966. The van der Waals surface area contributed by atoms with Crippen molar-refractivity contribution in [1.82, 2.24) is 18.8 Å². The second-order valence-electron chi connectivity index (χ2n) is 7.43. The van der Waals surface area contributed by atoms with Gasteiger partial charge in [0.1, 0.15) is 6.54 Å². The summed E-state index contributed by atoms with van der Waals surface area (Å²) in [6, 6.07) is 3.81. The van der Waals surface area contributed by atoms with Crippen LogP contribution in [0.2, 0.25) is 0 Å². The molecule has 1 saturated heterocycles. The molecule has 0 spiro atoms. The highest BCUT2D eigenvalue weighted by Gasteiger charge is 2.22. The first-order valence-electron chi connectivity index (χ1n) is 9.69. The Kier molecular flexibility index (Phi) is 5.95. The molecule has 1 amide bonds. The Labute approximate surface area is 169 Å². The van der Waals surface area contributed by atoms with Gasteiger partial charge in [-0.15, -0.1) is 0 Å². The molecule has 0 radical (unpaired) electrons. The Hall–Kier alpha value is -2.46. The Morgan fingerprint density at radius 2 is 1.86 bits per heavy atom. The van der Waals surface area contributed by atoms with Crippen molar-refractivity contribution in [3.05, 3.63) is 39.0 Å². The predicted octanol–water partition coefficient (Wildman–Crippen LogP) is 0.399. The second kappa shape index (κ2) is 8.11. The molecule has 2 aromatic rings. The monoisotopic (exact) mass is 422 g/mol. The maximum Gasteiger partial charge on any atom is 0.331 e. The molecule has 0 bridgehead atoms. The van der Waals surface area contributed by atoms with Crippen LogP contribution in [0.5, 0.6) is 0 Å². The lowest BCUT2D eigenvalue weighted by Crippen LogP contribution is -2.44. The van der Waals surface area contributed by atoms with Gasteiger partial charge in [0.05, 0.1) is 15.8 Å². The largest absolute Gasteiger partial charge is 0.341 e. The summed E-state index contributed by atoms with van der Waals surface area (Å²) in [7, 11) is -2.32. The van der Waals surface area contributed by atoms with Crippen LogP contribution in [0.25, 0.3) is 10.9 Å². The molecule has 1 aliphatic rings. The average Bonchev–Trinajstić information content (AvgIpc) is 3.23. The van der Waals surface area contributed by atoms with Crippen LogP contribution in [0.3, 0.4) is 0 Å². The molecular weight excluding hydrogens is 396 g/mol. The molecule has 2 heterocycles. The molecular formula is C19H26N4O5S. The van der Waals surface area contributed by atoms with Gasteiger partial charge >= 0.3 is 5.69 Å². The number of aryl methyl sites for hydroxylation is 1. The number of hydrogen-bond acceptors (Lipinski definition) is 5. The lowest BCUT2D eigenvalue weighted by atomic mass is 10.2. The summed E-state index contributed by atoms with van der Waals surface area (Å²) >= 11 is 0. The Balaban J connectivity index is 2.09. The zero-order valence-corrected chi connectivity index (χ0v) is 17.7. The number of amides is 1. The van der Waals surface area contributed by atoms with E-state index < -0.39 is 21.3 Å². The smallest absolute Gasteiger partial charge is 0.331 e. The number of nitrogens with one attached hydrogen (secondary N) is 1. The van der Waals surface area contributed by atoms with Crippen molar-refractivity contribution < 1.29 is 13.2 Å². The van der Waals surface area contributed by atoms with Crippen molar-refractivity contribution in [1.29, 1.82) is 0 Å². The highest BCUT2D eigenvalue weighted by atomic mass is 32.2. The first-order valence-corrected chi connectivity index (χ1v) is 11.2. The van der Waals surface area contributed by atoms with Crippen LogP contribution in [0.4, 0.5) is 0 Å². The molecule has 1 aromatic heterocycles. The Morgan fingerprint density at radius 1 is 1.21 bits per heavy atom. The molecule has 1 aromatic carbocycles. The van der Waals surface area contributed by atoms with Gasteiger partial charge in [0.25, 0.3) is 5.56 Å². The van der Waals surface area contributed by atoms with Gasteiger partial charge < -0.3 is 4.90 Å². The fraction of sp³-hybridized carbons (Fsp3) is 0.526. The van der Waals surface area contributed by atoms with Crippen molar-refractivity contribution in [2.75, 3.05) is 13.1 Å². The molecule has 1 atom stereocenters. The lowest BCUT2D eigenvalue weighted by molar-refractivity contribution is -0.130. The van der Waals surface area contributed by atoms with Crippen LogP contribution in [0.15, 0.2) is 32.7 Å². The van der Waals surface area contributed by atoms with Crippen molar-refractivity contribution in [3.63, 3.8) is 0 Å². The SMILES string of the molecule is CC[C@@H](C)NS(=O)(=O)c1ccc2c(c1)c(=O)n(CC(=O)N1CCCC1)c(=O)n2C. The van der Waals surface area contributed by atoms with E-state index in [9.17, 15) is 22.8 Å². The van der Waals surface area contributed by atoms with Crippen molar-refractivity contribution in [2.24, 2.45) is 7.05 Å². The van der Waals surface area contributed by atoms with E-state index in [0.717, 1.165) is 17.4 Å². The third-order valence-corrected chi connectivity index (χ3v) is 6.94. The van der Waals surface area contributed by atoms with Crippen LogP contribution in [0.1, 0.15) is 33.1 Å². The number of benzene rings is 1. The van der Waals surface area contributed by atoms with Crippen molar-refractivity contribution in [3.8, 4) is 0 Å². The third-order valence-electron chi connectivity index (χ3n) is 5.35. The fourth-order valence-corrected chi connectivity index (χ4v) is 4.77. The van der Waals surface area contributed by atoms with Gasteiger partial charge in [0, 0.05) is 26.2 Å². The summed E-state index contributed by atoms with van der Waals surface area (Å²) in [5, 5.41) is 0.0772. The van der Waals surface area contributed by atoms with E-state index in [1.54, 1.807) is 11.8 Å². The Morgan fingerprint density at radius 3 is 2.48 bits per heavy atom. The number of rotatable bonds is 6. The number of carbonyl (C=O) groups is 1. The predicted molar refractivity (Wildman–Crippen MR) is 109 cm³/mol. The maximum absolute atomic E-state index is 13.0. The van der Waals surface area contributed by atoms with E-state index in [1.807, 2.05) is 6.92 Å². The molecule has 9 nitrogen and oxygen atoms in total. The number of hydrogen-bond donors (Lipinski definition) is 1. The van der Waals surface area contributed by atoms with E-state index in [-0.39, 0.29) is 28.8 Å². The number of fused-ring (bicyclic) bond motifs is 1. The molecule has 158 valence electrons. The van der Waals surface area contributed by atoms with E-state index in [4.69, 9.17) is 0 Å². The number of carbonyl (C=O) groups excluding carboxylic acids is 1. The van der Waals surface area contributed by atoms with Gasteiger partial charge in [-0.3, -0.25) is 18.7 Å². The normalized spacial score (nSPS) is 15.8. The van der Waals surface area contributed by atoms with E-state index in [0.29, 0.717) is 25.0 Å². The molecule has 29 heavy (non-hydrogen) atoms. The van der Waals surface area contributed by atoms with Gasteiger partial charge in [-0.25, -0.2) is 17.9 Å². The molecule has 1 N–H and O–H groups in total. The molecule has 0 unspecified atom stereocenters. The van der Waals surface area contributed by atoms with Crippen molar-refractivity contribution in [2.45, 2.75) is 50.6 Å².